The van der Waals surface area contributed by atoms with E-state index in [-0.39, 0.29) is 12.1 Å². The predicted octanol–water partition coefficient (Wildman–Crippen LogP) is 2.71. The highest BCUT2D eigenvalue weighted by Gasteiger charge is 2.11. The van der Waals surface area contributed by atoms with E-state index < -0.39 is 0 Å². The normalized spacial score (nSPS) is 12.6. The smallest absolute Gasteiger partial charge is 0.0608 e. The summed E-state index contributed by atoms with van der Waals surface area (Å²) in [7, 11) is 0. The van der Waals surface area contributed by atoms with Gasteiger partial charge in [-0.05, 0) is 27.2 Å². The first-order valence-electron chi connectivity index (χ1n) is 4.87. The Morgan fingerprint density at radius 2 is 1.62 bits per heavy atom. The van der Waals surface area contributed by atoms with E-state index >= 15 is 0 Å². The van der Waals surface area contributed by atoms with Gasteiger partial charge in [0.1, 0.15) is 0 Å². The average molecular weight is 189 g/mol. The number of aliphatic hydroxyl groups is 1. The SMILES string of the molecule is C=C(C)C.CC.CCC(C)(N)CO. The molecule has 0 bridgehead atoms. The van der Waals surface area contributed by atoms with Crippen LogP contribution in [0.2, 0.25) is 0 Å². The van der Waals surface area contributed by atoms with Gasteiger partial charge in [-0.15, -0.1) is 6.58 Å². The van der Waals surface area contributed by atoms with Crippen molar-refractivity contribution in [1.29, 1.82) is 0 Å². The lowest BCUT2D eigenvalue weighted by atomic mass is 10.0. The van der Waals surface area contributed by atoms with Gasteiger partial charge in [0, 0.05) is 5.54 Å². The van der Waals surface area contributed by atoms with Gasteiger partial charge in [-0.25, -0.2) is 0 Å². The van der Waals surface area contributed by atoms with Crippen LogP contribution >= 0.6 is 0 Å². The van der Waals surface area contributed by atoms with E-state index in [2.05, 4.69) is 6.58 Å². The number of aliphatic hydroxyl groups excluding tert-OH is 1. The maximum atomic E-state index is 8.47. The van der Waals surface area contributed by atoms with E-state index in [1.54, 1.807) is 0 Å². The van der Waals surface area contributed by atoms with Crippen LogP contribution in [0.5, 0.6) is 0 Å². The molecule has 1 unspecified atom stereocenters. The Morgan fingerprint density at radius 1 is 1.38 bits per heavy atom. The van der Waals surface area contributed by atoms with E-state index in [4.69, 9.17) is 10.8 Å². The third kappa shape index (κ3) is 34.0. The summed E-state index contributed by atoms with van der Waals surface area (Å²) in [6, 6.07) is 0. The fraction of sp³-hybridized carbons (Fsp3) is 0.818. The summed E-state index contributed by atoms with van der Waals surface area (Å²) >= 11 is 0. The largest absolute Gasteiger partial charge is 0.394 e. The van der Waals surface area contributed by atoms with Gasteiger partial charge in [0.25, 0.3) is 0 Å². The highest BCUT2D eigenvalue weighted by Crippen LogP contribution is 2.00. The molecule has 0 aliphatic carbocycles. The predicted molar refractivity (Wildman–Crippen MR) is 61.8 cm³/mol. The fourth-order valence-corrected chi connectivity index (χ4v) is 0.112. The standard InChI is InChI=1S/C5H13NO.C4H8.C2H6/c1-3-5(2,6)4-7;1-4(2)3;1-2/h7H,3-4,6H2,1-2H3;1H2,2-3H3;1-2H3. The molecule has 0 spiro atoms. The molecule has 0 amide bonds. The minimum absolute atomic E-state index is 0.0729. The Labute approximate surface area is 83.8 Å². The van der Waals surface area contributed by atoms with Crippen LogP contribution in [-0.4, -0.2) is 17.3 Å². The molecule has 1 atom stereocenters. The monoisotopic (exact) mass is 189 g/mol. The highest BCUT2D eigenvalue weighted by molar-refractivity contribution is 4.78. The lowest BCUT2D eigenvalue weighted by Gasteiger charge is -2.17. The Morgan fingerprint density at radius 3 is 1.62 bits per heavy atom. The molecule has 2 heteroatoms. The summed E-state index contributed by atoms with van der Waals surface area (Å²) in [6.07, 6.45) is 0.823. The Bertz CT molecular complexity index is 98.7. The molecule has 0 aromatic rings. The van der Waals surface area contributed by atoms with Gasteiger partial charge in [-0.2, -0.15) is 0 Å². The highest BCUT2D eigenvalue weighted by atomic mass is 16.3. The summed E-state index contributed by atoms with van der Waals surface area (Å²) in [5.41, 5.74) is 6.27. The van der Waals surface area contributed by atoms with Crippen LogP contribution in [0.25, 0.3) is 0 Å². The molecule has 0 rings (SSSR count). The van der Waals surface area contributed by atoms with Crippen molar-refractivity contribution in [3.8, 4) is 0 Å². The second-order valence-electron chi connectivity index (χ2n) is 3.37. The molecule has 13 heavy (non-hydrogen) atoms. The molecule has 0 aliphatic rings. The molecule has 2 nitrogen and oxygen atoms in total. The molecule has 0 aromatic heterocycles. The summed E-state index contributed by atoms with van der Waals surface area (Å²) in [5.74, 6) is 0. The van der Waals surface area contributed by atoms with Crippen molar-refractivity contribution in [2.24, 2.45) is 5.73 Å². The maximum Gasteiger partial charge on any atom is 0.0608 e. The van der Waals surface area contributed by atoms with Gasteiger partial charge in [0.05, 0.1) is 6.61 Å². The molecular formula is C11H27NO. The minimum Gasteiger partial charge on any atom is -0.394 e. The lowest BCUT2D eigenvalue weighted by molar-refractivity contribution is 0.205. The molecule has 0 radical (unpaired) electrons. The maximum absolute atomic E-state index is 8.47. The van der Waals surface area contributed by atoms with Crippen LogP contribution in [0, 0.1) is 0 Å². The van der Waals surface area contributed by atoms with E-state index in [0.717, 1.165) is 6.42 Å². The molecule has 0 heterocycles. The molecular weight excluding hydrogens is 162 g/mol. The van der Waals surface area contributed by atoms with Gasteiger partial charge >= 0.3 is 0 Å². The number of rotatable bonds is 2. The first kappa shape index (κ1) is 18.4. The topological polar surface area (TPSA) is 46.2 Å². The van der Waals surface area contributed by atoms with Crippen LogP contribution < -0.4 is 5.73 Å². The molecule has 82 valence electrons. The van der Waals surface area contributed by atoms with E-state index in [9.17, 15) is 0 Å². The average Bonchev–Trinajstić information content (AvgIpc) is 2.07. The third-order valence-electron chi connectivity index (χ3n) is 1.17. The van der Waals surface area contributed by atoms with E-state index in [0.29, 0.717) is 0 Å². The van der Waals surface area contributed by atoms with Crippen LogP contribution in [0.1, 0.15) is 48.0 Å². The van der Waals surface area contributed by atoms with Crippen molar-refractivity contribution in [3.63, 3.8) is 0 Å². The first-order chi connectivity index (χ1) is 5.85. The quantitative estimate of drug-likeness (QED) is 0.656. The number of hydrogen-bond acceptors (Lipinski definition) is 2. The summed E-state index contributed by atoms with van der Waals surface area (Å²) in [6.45, 7) is 15.4. The second-order valence-corrected chi connectivity index (χ2v) is 3.37. The zero-order chi connectivity index (χ0) is 11.5. The molecule has 0 aromatic carbocycles. The number of hydrogen-bond donors (Lipinski definition) is 2. The Hall–Kier alpha value is -0.340. The summed E-state index contributed by atoms with van der Waals surface area (Å²) < 4.78 is 0. The lowest BCUT2D eigenvalue weighted by Crippen LogP contribution is -2.38. The summed E-state index contributed by atoms with van der Waals surface area (Å²) in [5, 5.41) is 8.47. The van der Waals surface area contributed by atoms with Crippen molar-refractivity contribution in [1.82, 2.24) is 0 Å². The van der Waals surface area contributed by atoms with Crippen LogP contribution in [0.3, 0.4) is 0 Å². The minimum atomic E-state index is -0.361. The van der Waals surface area contributed by atoms with Crippen molar-refractivity contribution < 1.29 is 5.11 Å². The van der Waals surface area contributed by atoms with E-state index in [1.807, 2.05) is 41.5 Å². The van der Waals surface area contributed by atoms with Gasteiger partial charge in [-0.3, -0.25) is 0 Å². The molecule has 3 N–H and O–H groups in total. The van der Waals surface area contributed by atoms with Crippen LogP contribution in [-0.2, 0) is 0 Å². The second kappa shape index (κ2) is 11.7. The van der Waals surface area contributed by atoms with Gasteiger partial charge < -0.3 is 10.8 Å². The number of nitrogens with two attached hydrogens (primary N) is 1. The molecule has 0 aliphatic heterocycles. The van der Waals surface area contributed by atoms with Crippen molar-refractivity contribution in [3.05, 3.63) is 12.2 Å². The van der Waals surface area contributed by atoms with Crippen molar-refractivity contribution >= 4 is 0 Å². The van der Waals surface area contributed by atoms with Crippen molar-refractivity contribution in [2.75, 3.05) is 6.61 Å². The van der Waals surface area contributed by atoms with Gasteiger partial charge in [0.2, 0.25) is 0 Å². The number of allylic oxidation sites excluding steroid dienone is 1. The molecule has 0 saturated carbocycles. The van der Waals surface area contributed by atoms with Gasteiger partial charge in [-0.1, -0.05) is 26.3 Å². The zero-order valence-electron chi connectivity index (χ0n) is 10.1. The Balaban J connectivity index is -0.000000142. The summed E-state index contributed by atoms with van der Waals surface area (Å²) in [4.78, 5) is 0. The first-order valence-corrected chi connectivity index (χ1v) is 4.87. The molecule has 0 fully saturated rings. The van der Waals surface area contributed by atoms with Gasteiger partial charge in [0.15, 0.2) is 0 Å². The van der Waals surface area contributed by atoms with Crippen molar-refractivity contribution in [2.45, 2.75) is 53.5 Å². The van der Waals surface area contributed by atoms with Crippen LogP contribution in [0.4, 0.5) is 0 Å². The van der Waals surface area contributed by atoms with E-state index in [1.165, 1.54) is 5.57 Å². The van der Waals surface area contributed by atoms with Crippen LogP contribution in [0.15, 0.2) is 12.2 Å². The fourth-order valence-electron chi connectivity index (χ4n) is 0.112. The third-order valence-corrected chi connectivity index (χ3v) is 1.17. The zero-order valence-corrected chi connectivity index (χ0v) is 10.1. The molecule has 0 saturated heterocycles. The Kier molecular flexibility index (Phi) is 16.5.